The van der Waals surface area contributed by atoms with E-state index in [0.717, 1.165) is 29.9 Å². The number of ether oxygens (including phenoxy) is 2. The number of nitrogens with one attached hydrogen (secondary N) is 3. The Bertz CT molecular complexity index is 730. The van der Waals surface area contributed by atoms with Crippen molar-refractivity contribution in [3.8, 4) is 5.75 Å². The molecule has 1 atom stereocenters. The summed E-state index contributed by atoms with van der Waals surface area (Å²) >= 11 is 0. The molecular weight excluding hydrogens is 362 g/mol. The van der Waals surface area contributed by atoms with Gasteiger partial charge in [0.05, 0.1) is 19.8 Å². The number of rotatable bonds is 7. The number of aliphatic imine (C=N–C) groups is 1. The summed E-state index contributed by atoms with van der Waals surface area (Å²) in [5.74, 6) is 1.22. The van der Waals surface area contributed by atoms with Crippen molar-refractivity contribution >= 4 is 17.9 Å². The molecule has 0 spiro atoms. The van der Waals surface area contributed by atoms with Crippen molar-refractivity contribution in [1.82, 2.24) is 20.9 Å². The van der Waals surface area contributed by atoms with Crippen molar-refractivity contribution < 1.29 is 19.1 Å². The minimum Gasteiger partial charge on any atom is -0.488 e. The first-order chi connectivity index (χ1) is 13.6. The van der Waals surface area contributed by atoms with Crippen LogP contribution in [0.1, 0.15) is 17.5 Å². The lowest BCUT2D eigenvalue weighted by atomic mass is 10.1. The zero-order valence-electron chi connectivity index (χ0n) is 16.3. The van der Waals surface area contributed by atoms with E-state index < -0.39 is 0 Å². The SMILES string of the molecule is CN=C(NCCN1C(=O)CNC1=O)NCc1ccc(C)cc1OC1CCOC1. The number of imide groups is 1. The molecule has 2 saturated heterocycles. The van der Waals surface area contributed by atoms with Crippen LogP contribution in [0.2, 0.25) is 0 Å². The minimum atomic E-state index is -0.355. The molecule has 152 valence electrons. The van der Waals surface area contributed by atoms with Crippen molar-refractivity contribution in [3.05, 3.63) is 29.3 Å². The van der Waals surface area contributed by atoms with Gasteiger partial charge in [-0.05, 0) is 18.6 Å². The Hall–Kier alpha value is -2.81. The summed E-state index contributed by atoms with van der Waals surface area (Å²) in [6.45, 7) is 4.68. The normalized spacial score (nSPS) is 19.7. The molecular formula is C19H27N5O4. The van der Waals surface area contributed by atoms with Crippen molar-refractivity contribution in [2.24, 2.45) is 4.99 Å². The Labute approximate surface area is 164 Å². The van der Waals surface area contributed by atoms with Crippen LogP contribution in [-0.4, -0.2) is 68.8 Å². The topological polar surface area (TPSA) is 104 Å². The summed E-state index contributed by atoms with van der Waals surface area (Å²) in [7, 11) is 1.67. The van der Waals surface area contributed by atoms with Crippen LogP contribution in [-0.2, 0) is 16.1 Å². The van der Waals surface area contributed by atoms with E-state index in [2.05, 4.69) is 20.9 Å². The maximum Gasteiger partial charge on any atom is 0.324 e. The number of hydrogen-bond donors (Lipinski definition) is 3. The first kappa shape index (κ1) is 19.9. The van der Waals surface area contributed by atoms with Crippen LogP contribution >= 0.6 is 0 Å². The Kier molecular flexibility index (Phi) is 6.70. The standard InChI is InChI=1S/C19H27N5O4/c1-13-3-4-14(16(9-13)28-15-5-8-27-12-15)10-22-18(20-2)21-6-7-24-17(25)11-23-19(24)26/h3-4,9,15H,5-8,10-12H2,1-2H3,(H,23,26)(H2,20,21,22). The van der Waals surface area contributed by atoms with Crippen LogP contribution in [0.4, 0.5) is 4.79 Å². The van der Waals surface area contributed by atoms with Gasteiger partial charge in [-0.25, -0.2) is 4.79 Å². The molecule has 0 saturated carbocycles. The highest BCUT2D eigenvalue weighted by Crippen LogP contribution is 2.23. The predicted octanol–water partition coefficient (Wildman–Crippen LogP) is 0.380. The zero-order chi connectivity index (χ0) is 19.9. The van der Waals surface area contributed by atoms with E-state index in [1.54, 1.807) is 7.05 Å². The largest absolute Gasteiger partial charge is 0.488 e. The molecule has 3 N–H and O–H groups in total. The van der Waals surface area contributed by atoms with Crippen LogP contribution in [0.3, 0.4) is 0 Å². The van der Waals surface area contributed by atoms with Gasteiger partial charge in [0, 0.05) is 38.7 Å². The van der Waals surface area contributed by atoms with Crippen molar-refractivity contribution in [2.75, 3.05) is 39.9 Å². The molecule has 0 aliphatic carbocycles. The lowest BCUT2D eigenvalue weighted by Gasteiger charge is -2.18. The smallest absolute Gasteiger partial charge is 0.324 e. The Morgan fingerprint density at radius 2 is 2.25 bits per heavy atom. The zero-order valence-corrected chi connectivity index (χ0v) is 16.3. The maximum absolute atomic E-state index is 11.6. The first-order valence-electron chi connectivity index (χ1n) is 9.43. The molecule has 3 rings (SSSR count). The highest BCUT2D eigenvalue weighted by molar-refractivity contribution is 6.01. The van der Waals surface area contributed by atoms with E-state index in [1.807, 2.05) is 25.1 Å². The van der Waals surface area contributed by atoms with Gasteiger partial charge in [-0.1, -0.05) is 12.1 Å². The fourth-order valence-corrected chi connectivity index (χ4v) is 3.07. The number of nitrogens with zero attached hydrogens (tertiary/aromatic N) is 2. The van der Waals surface area contributed by atoms with Gasteiger partial charge in [0.1, 0.15) is 11.9 Å². The molecule has 1 unspecified atom stereocenters. The van der Waals surface area contributed by atoms with Crippen LogP contribution in [0.5, 0.6) is 5.75 Å². The Morgan fingerprint density at radius 1 is 1.39 bits per heavy atom. The third-order valence-corrected chi connectivity index (χ3v) is 4.64. The van der Waals surface area contributed by atoms with E-state index in [4.69, 9.17) is 9.47 Å². The van der Waals surface area contributed by atoms with Crippen LogP contribution < -0.4 is 20.7 Å². The molecule has 1 aromatic rings. The van der Waals surface area contributed by atoms with Gasteiger partial charge in [-0.3, -0.25) is 14.7 Å². The second kappa shape index (κ2) is 9.41. The number of carbonyl (C=O) groups excluding carboxylic acids is 2. The van der Waals surface area contributed by atoms with Gasteiger partial charge in [0.25, 0.3) is 0 Å². The van der Waals surface area contributed by atoms with Gasteiger partial charge >= 0.3 is 6.03 Å². The lowest BCUT2D eigenvalue weighted by molar-refractivity contribution is -0.124. The van der Waals surface area contributed by atoms with Crippen molar-refractivity contribution in [1.29, 1.82) is 0 Å². The fraction of sp³-hybridized carbons (Fsp3) is 0.526. The van der Waals surface area contributed by atoms with Crippen molar-refractivity contribution in [3.63, 3.8) is 0 Å². The van der Waals surface area contributed by atoms with Gasteiger partial charge < -0.3 is 25.4 Å². The third kappa shape index (κ3) is 5.13. The summed E-state index contributed by atoms with van der Waals surface area (Å²) in [4.78, 5) is 28.5. The number of benzene rings is 1. The lowest BCUT2D eigenvalue weighted by Crippen LogP contribution is -2.43. The number of urea groups is 1. The summed E-state index contributed by atoms with van der Waals surface area (Å²) in [6, 6.07) is 5.76. The van der Waals surface area contributed by atoms with Gasteiger partial charge in [0.2, 0.25) is 5.91 Å². The van der Waals surface area contributed by atoms with E-state index in [9.17, 15) is 9.59 Å². The summed E-state index contributed by atoms with van der Waals surface area (Å²) < 4.78 is 11.5. The molecule has 2 aliphatic rings. The Balaban J connectivity index is 1.51. The van der Waals surface area contributed by atoms with Gasteiger partial charge in [-0.15, -0.1) is 0 Å². The molecule has 9 heteroatoms. The van der Waals surface area contributed by atoms with Crippen LogP contribution in [0.25, 0.3) is 0 Å². The minimum absolute atomic E-state index is 0.0635. The highest BCUT2D eigenvalue weighted by atomic mass is 16.5. The number of amides is 3. The average Bonchev–Trinajstić information content (AvgIpc) is 3.30. The van der Waals surface area contributed by atoms with E-state index in [1.165, 1.54) is 4.90 Å². The van der Waals surface area contributed by atoms with E-state index in [-0.39, 0.29) is 31.1 Å². The molecule has 3 amide bonds. The summed E-state index contributed by atoms with van der Waals surface area (Å²) in [5, 5.41) is 8.86. The first-order valence-corrected chi connectivity index (χ1v) is 9.43. The number of carbonyl (C=O) groups is 2. The molecule has 2 aliphatic heterocycles. The number of hydrogen-bond acceptors (Lipinski definition) is 5. The second-order valence-electron chi connectivity index (χ2n) is 6.77. The predicted molar refractivity (Wildman–Crippen MR) is 104 cm³/mol. The number of aryl methyl sites for hydroxylation is 1. The average molecular weight is 389 g/mol. The molecule has 0 aromatic heterocycles. The van der Waals surface area contributed by atoms with E-state index >= 15 is 0 Å². The van der Waals surface area contributed by atoms with Crippen LogP contribution in [0, 0.1) is 6.92 Å². The molecule has 9 nitrogen and oxygen atoms in total. The summed E-state index contributed by atoms with van der Waals surface area (Å²) in [6.07, 6.45) is 0.981. The van der Waals surface area contributed by atoms with Gasteiger partial charge in [0.15, 0.2) is 5.96 Å². The second-order valence-corrected chi connectivity index (χ2v) is 6.77. The monoisotopic (exact) mass is 389 g/mol. The molecule has 0 bridgehead atoms. The van der Waals surface area contributed by atoms with Crippen LogP contribution in [0.15, 0.2) is 23.2 Å². The van der Waals surface area contributed by atoms with Crippen molar-refractivity contribution in [2.45, 2.75) is 26.0 Å². The fourth-order valence-electron chi connectivity index (χ4n) is 3.07. The summed E-state index contributed by atoms with van der Waals surface area (Å²) in [5.41, 5.74) is 2.16. The molecule has 28 heavy (non-hydrogen) atoms. The maximum atomic E-state index is 11.6. The molecule has 2 heterocycles. The Morgan fingerprint density at radius 3 is 2.93 bits per heavy atom. The highest BCUT2D eigenvalue weighted by Gasteiger charge is 2.27. The quantitative estimate of drug-likeness (QED) is 0.354. The molecule has 0 radical (unpaired) electrons. The number of guanidine groups is 1. The van der Waals surface area contributed by atoms with Gasteiger partial charge in [-0.2, -0.15) is 0 Å². The third-order valence-electron chi connectivity index (χ3n) is 4.64. The molecule has 1 aromatic carbocycles. The van der Waals surface area contributed by atoms with E-state index in [0.29, 0.717) is 25.7 Å². The molecule has 2 fully saturated rings.